The lowest BCUT2D eigenvalue weighted by Crippen LogP contribution is -2.55. The number of carboxylic acids is 1. The molecule has 0 spiro atoms. The van der Waals surface area contributed by atoms with Crippen molar-refractivity contribution in [2.75, 3.05) is 61.6 Å². The van der Waals surface area contributed by atoms with Crippen molar-refractivity contribution in [1.29, 1.82) is 0 Å². The largest absolute Gasteiger partial charge is 0.507 e. The second-order valence-electron chi connectivity index (χ2n) is 20.0. The van der Waals surface area contributed by atoms with E-state index in [0.717, 1.165) is 25.8 Å². The molecule has 0 radical (unpaired) electrons. The van der Waals surface area contributed by atoms with E-state index in [4.69, 9.17) is 58.9 Å². The standard InChI is InChI=1S/C32H37NO12.C22H24O9.C2H8N2/c1-14-31(45-21-8-3-4-9-42-21)17(33)10-22(43-14)44-19-12-32(40,20(35)13-34)11-16-24(19)30(39)26-25(28(16)37)27(36)15-6-5-7-18(41-2)23(15)29(26)38;1-27-16-4-10(5-17(28-2)21(16)29-3)18-11-6-14-15(31-9-30-14)7-12(11)20(24)13(8-23)19(18)22(25)26;1-2-4-3/h5-7,14,17,19,21-22,31,34,37,39-40H,3-4,8-13,33H2,1-2H3;4-7,13,18-20,23-24H,8-9H2,1-3H3,(H,25,26);4H,2-3H2,1H3/t14-,17-,19?,21+,22-,31+,32-;13-,18+,19-,20-;/m00./s1. The highest BCUT2D eigenvalue weighted by Crippen LogP contribution is 2.55. The van der Waals surface area contributed by atoms with E-state index in [2.05, 4.69) is 5.43 Å². The number of ketones is 3. The van der Waals surface area contributed by atoms with Crippen LogP contribution < -0.4 is 45.4 Å². The Morgan fingerprint density at radius 3 is 2.06 bits per heavy atom. The Labute approximate surface area is 460 Å². The van der Waals surface area contributed by atoms with Gasteiger partial charge in [-0.1, -0.05) is 19.1 Å². The van der Waals surface area contributed by atoms with Gasteiger partial charge in [-0.2, -0.15) is 0 Å². The minimum absolute atomic E-state index is 0.0367. The first-order valence-corrected chi connectivity index (χ1v) is 26.1. The van der Waals surface area contributed by atoms with Gasteiger partial charge in [-0.25, -0.2) is 0 Å². The van der Waals surface area contributed by atoms with E-state index in [1.807, 2.05) is 6.92 Å². The summed E-state index contributed by atoms with van der Waals surface area (Å²) in [5.41, 5.74) is 7.04. The average molecular weight is 1120 g/mol. The number of phenols is 2. The fourth-order valence-electron chi connectivity index (χ4n) is 11.5. The number of aliphatic hydroxyl groups is 4. The molecular formula is C56H69N3O21. The van der Waals surface area contributed by atoms with E-state index in [9.17, 15) is 54.9 Å². The number of aromatic hydroxyl groups is 2. The molecule has 3 aliphatic heterocycles. The smallest absolute Gasteiger partial charge is 0.307 e. The Morgan fingerprint density at radius 1 is 0.850 bits per heavy atom. The Morgan fingerprint density at radius 2 is 1.50 bits per heavy atom. The molecule has 0 aromatic heterocycles. The summed E-state index contributed by atoms with van der Waals surface area (Å²) >= 11 is 0. The molecule has 1 unspecified atom stereocenters. The van der Waals surface area contributed by atoms with E-state index >= 15 is 0 Å². The minimum Gasteiger partial charge on any atom is -0.507 e. The van der Waals surface area contributed by atoms with Crippen LogP contribution in [-0.4, -0.2) is 157 Å². The first-order valence-electron chi connectivity index (χ1n) is 26.1. The molecule has 24 heteroatoms. The number of nitrogens with two attached hydrogens (primary N) is 2. The number of hydrazine groups is 1. The maximum absolute atomic E-state index is 13.8. The van der Waals surface area contributed by atoms with Crippen LogP contribution in [0.2, 0.25) is 0 Å². The second-order valence-corrected chi connectivity index (χ2v) is 20.0. The predicted octanol–water partition coefficient (Wildman–Crippen LogP) is 2.95. The monoisotopic (exact) mass is 1120 g/mol. The molecule has 0 amide bonds. The molecule has 2 saturated heterocycles. The lowest BCUT2D eigenvalue weighted by atomic mass is 9.65. The zero-order valence-electron chi connectivity index (χ0n) is 45.1. The topological polar surface area (TPSA) is 366 Å². The zero-order valence-corrected chi connectivity index (χ0v) is 45.1. The molecule has 2 fully saturated rings. The van der Waals surface area contributed by atoms with Gasteiger partial charge in [0.15, 0.2) is 47.1 Å². The molecule has 3 heterocycles. The first kappa shape index (κ1) is 59.4. The highest BCUT2D eigenvalue weighted by Gasteiger charge is 2.51. The van der Waals surface area contributed by atoms with Crippen LogP contribution in [0.1, 0.15) is 124 Å². The predicted molar refractivity (Wildman–Crippen MR) is 279 cm³/mol. The molecule has 0 saturated carbocycles. The van der Waals surface area contributed by atoms with Gasteiger partial charge >= 0.3 is 5.97 Å². The van der Waals surface area contributed by atoms with Crippen molar-refractivity contribution in [3.05, 3.63) is 92.5 Å². The van der Waals surface area contributed by atoms with Gasteiger partial charge in [0.2, 0.25) is 18.3 Å². The van der Waals surface area contributed by atoms with Gasteiger partial charge in [-0.3, -0.25) is 30.4 Å². The van der Waals surface area contributed by atoms with Gasteiger partial charge in [0, 0.05) is 73.6 Å². The van der Waals surface area contributed by atoms with Crippen LogP contribution in [0.4, 0.5) is 0 Å². The lowest BCUT2D eigenvalue weighted by Gasteiger charge is -2.43. The Balaban J connectivity index is 0.000000209. The number of carbonyl (C=O) groups is 4. The third-order valence-electron chi connectivity index (χ3n) is 15.4. The number of rotatable bonds is 14. The molecule has 434 valence electrons. The number of carbonyl (C=O) groups excluding carboxylic acids is 3. The molecule has 6 aliphatic rings. The van der Waals surface area contributed by atoms with E-state index in [-0.39, 0.29) is 41.2 Å². The van der Waals surface area contributed by atoms with E-state index in [1.165, 1.54) is 46.6 Å². The number of fused-ring (bicyclic) bond motifs is 5. The number of methoxy groups -OCH3 is 4. The van der Waals surface area contributed by atoms with Gasteiger partial charge in [0.1, 0.15) is 35.6 Å². The molecule has 4 aromatic rings. The third-order valence-corrected chi connectivity index (χ3v) is 15.4. The average Bonchev–Trinajstić information content (AvgIpc) is 4.08. The first-order chi connectivity index (χ1) is 38.3. The van der Waals surface area contributed by atoms with Crippen molar-refractivity contribution >= 4 is 23.3 Å². The highest BCUT2D eigenvalue weighted by molar-refractivity contribution is 6.31. The van der Waals surface area contributed by atoms with Crippen LogP contribution in [0.5, 0.6) is 46.0 Å². The summed E-state index contributed by atoms with van der Waals surface area (Å²) in [6, 6.07) is 10.6. The van der Waals surface area contributed by atoms with Crippen molar-refractivity contribution in [1.82, 2.24) is 5.43 Å². The van der Waals surface area contributed by atoms with Gasteiger partial charge < -0.3 is 88.8 Å². The SMILES string of the molecule is CCNN.COc1cc([C@@H]2c3cc4c(cc3[C@H](O)[C@@H](CO)[C@@H]2C(=O)O)OCO4)cc(OC)c1OC.COc1cccc2c1C(=O)c1c(O)c3c(c(O)c1C2=O)C[C@@](O)(C(=O)CO)CC3O[C@H]1C[C@H](N)[C@H](O[C@@H]2CCCCO2)[C@H](C)O1. The fraction of sp³-hybridized carbons (Fsp3) is 0.500. The van der Waals surface area contributed by atoms with Crippen LogP contribution >= 0.6 is 0 Å². The maximum Gasteiger partial charge on any atom is 0.307 e. The molecule has 12 N–H and O–H groups in total. The van der Waals surface area contributed by atoms with Crippen LogP contribution in [-0.2, 0) is 35.0 Å². The van der Waals surface area contributed by atoms with E-state index < -0.39 is 138 Å². The minimum atomic E-state index is -2.24. The van der Waals surface area contributed by atoms with E-state index in [0.29, 0.717) is 52.0 Å². The number of hydrogen-bond acceptors (Lipinski definition) is 23. The molecule has 11 atom stereocenters. The summed E-state index contributed by atoms with van der Waals surface area (Å²) < 4.78 is 56.7. The zero-order chi connectivity index (χ0) is 57.9. The maximum atomic E-state index is 13.8. The van der Waals surface area contributed by atoms with Gasteiger partial charge in [-0.15, -0.1) is 0 Å². The fourth-order valence-corrected chi connectivity index (χ4v) is 11.5. The molecule has 24 nitrogen and oxygen atoms in total. The van der Waals surface area contributed by atoms with Crippen LogP contribution in [0.3, 0.4) is 0 Å². The van der Waals surface area contributed by atoms with E-state index in [1.54, 1.807) is 31.2 Å². The normalized spacial score (nSPS) is 27.1. The van der Waals surface area contributed by atoms with Crippen molar-refractivity contribution in [3.8, 4) is 46.0 Å². The quantitative estimate of drug-likeness (QED) is 0.0434. The number of benzene rings is 4. The van der Waals surface area contributed by atoms with Crippen LogP contribution in [0.25, 0.3) is 0 Å². The second kappa shape index (κ2) is 25.0. The summed E-state index contributed by atoms with van der Waals surface area (Å²) in [5, 5.41) is 75.3. The van der Waals surface area contributed by atoms with Crippen molar-refractivity contribution in [2.24, 2.45) is 23.4 Å². The number of ether oxygens (including phenoxy) is 10. The summed E-state index contributed by atoms with van der Waals surface area (Å²) in [5.74, 6) is -0.762. The third kappa shape index (κ3) is 11.1. The molecule has 80 heavy (non-hydrogen) atoms. The Bertz CT molecular complexity index is 2930. The number of Topliss-reactive ketones (excluding diaryl/α,β-unsaturated/α-hetero) is 1. The van der Waals surface area contributed by atoms with Crippen LogP contribution in [0, 0.1) is 11.8 Å². The van der Waals surface area contributed by atoms with Gasteiger partial charge in [0.25, 0.3) is 0 Å². The summed E-state index contributed by atoms with van der Waals surface area (Å²) in [6.07, 6.45) is -3.22. The number of phenolic OH excluding ortho intramolecular Hbond substituents is 2. The molecular weight excluding hydrogens is 1050 g/mol. The highest BCUT2D eigenvalue weighted by atomic mass is 16.7. The summed E-state index contributed by atoms with van der Waals surface area (Å²) in [6.45, 7) is 3.67. The van der Waals surface area contributed by atoms with Crippen molar-refractivity contribution in [2.45, 2.75) is 107 Å². The van der Waals surface area contributed by atoms with Crippen molar-refractivity contribution in [3.63, 3.8) is 0 Å². The number of aliphatic carboxylic acids is 1. The molecule has 0 bridgehead atoms. The van der Waals surface area contributed by atoms with Crippen molar-refractivity contribution < 1.29 is 102 Å². The molecule has 4 aromatic carbocycles. The number of carboxylic acid groups (broad SMARTS) is 1. The number of nitrogens with one attached hydrogen (secondary N) is 1. The summed E-state index contributed by atoms with van der Waals surface area (Å²) in [4.78, 5) is 52.6. The van der Waals surface area contributed by atoms with Crippen LogP contribution in [0.15, 0.2) is 42.5 Å². The number of aliphatic hydroxyl groups excluding tert-OH is 3. The Hall–Kier alpha value is -6.68. The molecule has 10 rings (SSSR count). The number of hydrogen-bond donors (Lipinski definition) is 10. The lowest BCUT2D eigenvalue weighted by molar-refractivity contribution is -0.281. The molecule has 3 aliphatic carbocycles. The van der Waals surface area contributed by atoms with Gasteiger partial charge in [-0.05, 0) is 73.2 Å². The van der Waals surface area contributed by atoms with Gasteiger partial charge in [0.05, 0.1) is 69.4 Å². The summed E-state index contributed by atoms with van der Waals surface area (Å²) in [7, 11) is 5.77. The Kier molecular flexibility index (Phi) is 18.6.